The minimum Gasteiger partial charge on any atom is -0.356 e. The first-order valence-corrected chi connectivity index (χ1v) is 6.63. The monoisotopic (exact) mass is 284 g/mol. The highest BCUT2D eigenvalue weighted by Gasteiger charge is 2.33. The first kappa shape index (κ1) is 13.4. The Morgan fingerprint density at radius 3 is 2.75 bits per heavy atom. The Hall–Kier alpha value is -1.56. The smallest absolute Gasteiger partial charge is 0.356 e. The van der Waals surface area contributed by atoms with Crippen LogP contribution in [0.15, 0.2) is 18.3 Å². The summed E-state index contributed by atoms with van der Waals surface area (Å²) in [5.41, 5.74) is 0.305. The van der Waals surface area contributed by atoms with Crippen molar-refractivity contribution in [1.82, 2.24) is 9.78 Å². The van der Waals surface area contributed by atoms with Gasteiger partial charge in [0.2, 0.25) is 0 Å². The molecular formula is C14H15F3N2O. The lowest BCUT2D eigenvalue weighted by molar-refractivity contribution is -0.137. The molecule has 0 saturated carbocycles. The number of halogens is 3. The van der Waals surface area contributed by atoms with E-state index in [1.807, 2.05) is 0 Å². The lowest BCUT2D eigenvalue weighted by Crippen LogP contribution is -2.19. The van der Waals surface area contributed by atoms with Gasteiger partial charge in [0.05, 0.1) is 17.3 Å². The van der Waals surface area contributed by atoms with Crippen molar-refractivity contribution >= 4 is 10.9 Å². The molecule has 1 aliphatic heterocycles. The van der Waals surface area contributed by atoms with Gasteiger partial charge in [-0.05, 0) is 43.9 Å². The lowest BCUT2D eigenvalue weighted by Gasteiger charge is -2.23. The number of benzene rings is 1. The first-order valence-electron chi connectivity index (χ1n) is 6.63. The van der Waals surface area contributed by atoms with Crippen molar-refractivity contribution in [3.8, 4) is 0 Å². The van der Waals surface area contributed by atoms with Gasteiger partial charge in [0.1, 0.15) is 0 Å². The van der Waals surface area contributed by atoms with Gasteiger partial charge in [0.25, 0.3) is 0 Å². The van der Waals surface area contributed by atoms with E-state index in [1.54, 1.807) is 10.7 Å². The lowest BCUT2D eigenvalue weighted by atomic mass is 10.1. The van der Waals surface area contributed by atoms with Crippen LogP contribution >= 0.6 is 0 Å². The van der Waals surface area contributed by atoms with Crippen molar-refractivity contribution in [2.24, 2.45) is 0 Å². The molecule has 6 heteroatoms. The SMILES string of the molecule is Cc1cc2c(cnn2C2CCCCO2)cc1C(F)(F)F. The molecule has 2 heterocycles. The Bertz CT molecular complexity index is 627. The molecular weight excluding hydrogens is 269 g/mol. The van der Waals surface area contributed by atoms with Crippen LogP contribution in [0.1, 0.15) is 36.6 Å². The number of hydrogen-bond acceptors (Lipinski definition) is 2. The molecule has 1 aromatic heterocycles. The number of alkyl halides is 3. The number of fused-ring (bicyclic) bond motifs is 1. The number of aromatic nitrogens is 2. The summed E-state index contributed by atoms with van der Waals surface area (Å²) in [6.07, 6.45) is -0.114. The molecule has 0 bridgehead atoms. The number of nitrogens with zero attached hydrogens (tertiary/aromatic N) is 2. The quantitative estimate of drug-likeness (QED) is 0.789. The second kappa shape index (κ2) is 4.77. The molecule has 0 radical (unpaired) electrons. The highest BCUT2D eigenvalue weighted by Crippen LogP contribution is 2.35. The van der Waals surface area contributed by atoms with Crippen molar-refractivity contribution in [2.75, 3.05) is 6.61 Å². The molecule has 0 aliphatic carbocycles. The predicted octanol–water partition coefficient (Wildman–Crippen LogP) is 4.06. The topological polar surface area (TPSA) is 27.1 Å². The molecule has 108 valence electrons. The summed E-state index contributed by atoms with van der Waals surface area (Å²) in [5, 5.41) is 4.70. The van der Waals surface area contributed by atoms with Gasteiger partial charge in [-0.15, -0.1) is 0 Å². The van der Waals surface area contributed by atoms with Gasteiger partial charge in [-0.2, -0.15) is 18.3 Å². The third kappa shape index (κ3) is 2.28. The predicted molar refractivity (Wildman–Crippen MR) is 68.3 cm³/mol. The molecule has 1 fully saturated rings. The Morgan fingerprint density at radius 2 is 2.10 bits per heavy atom. The van der Waals surface area contributed by atoms with E-state index in [0.717, 1.165) is 25.3 Å². The van der Waals surface area contributed by atoms with Gasteiger partial charge in [0, 0.05) is 12.0 Å². The van der Waals surface area contributed by atoms with Gasteiger partial charge < -0.3 is 4.74 Å². The summed E-state index contributed by atoms with van der Waals surface area (Å²) in [4.78, 5) is 0. The molecule has 1 atom stereocenters. The number of aryl methyl sites for hydroxylation is 1. The van der Waals surface area contributed by atoms with Crippen LogP contribution in [0.5, 0.6) is 0 Å². The second-order valence-corrected chi connectivity index (χ2v) is 5.13. The zero-order chi connectivity index (χ0) is 14.3. The first-order chi connectivity index (χ1) is 9.47. The molecule has 0 amide bonds. The van der Waals surface area contributed by atoms with Crippen molar-refractivity contribution in [3.63, 3.8) is 0 Å². The second-order valence-electron chi connectivity index (χ2n) is 5.13. The van der Waals surface area contributed by atoms with Gasteiger partial charge in [-0.25, -0.2) is 4.68 Å². The van der Waals surface area contributed by atoms with Crippen LogP contribution < -0.4 is 0 Å². The van der Waals surface area contributed by atoms with Crippen LogP contribution in [0.3, 0.4) is 0 Å². The fraction of sp³-hybridized carbons (Fsp3) is 0.500. The summed E-state index contributed by atoms with van der Waals surface area (Å²) in [7, 11) is 0. The van der Waals surface area contributed by atoms with Gasteiger partial charge >= 0.3 is 6.18 Å². The molecule has 2 aromatic rings. The van der Waals surface area contributed by atoms with Crippen LogP contribution in [0.25, 0.3) is 10.9 Å². The Balaban J connectivity index is 2.07. The number of rotatable bonds is 1. The maximum absolute atomic E-state index is 12.9. The molecule has 1 unspecified atom stereocenters. The summed E-state index contributed by atoms with van der Waals surface area (Å²) in [6, 6.07) is 2.71. The number of ether oxygens (including phenoxy) is 1. The van der Waals surface area contributed by atoms with Crippen LogP contribution in [-0.2, 0) is 10.9 Å². The Morgan fingerprint density at radius 1 is 1.30 bits per heavy atom. The summed E-state index contributed by atoms with van der Waals surface area (Å²) < 4.78 is 46.0. The largest absolute Gasteiger partial charge is 0.416 e. The van der Waals surface area contributed by atoms with E-state index in [2.05, 4.69) is 5.10 Å². The van der Waals surface area contributed by atoms with E-state index in [9.17, 15) is 13.2 Å². The molecule has 3 rings (SSSR count). The molecule has 1 saturated heterocycles. The summed E-state index contributed by atoms with van der Waals surface area (Å²) >= 11 is 0. The zero-order valence-electron chi connectivity index (χ0n) is 11.1. The van der Waals surface area contributed by atoms with Crippen molar-refractivity contribution in [3.05, 3.63) is 29.5 Å². The molecule has 3 nitrogen and oxygen atoms in total. The minimum atomic E-state index is -4.33. The van der Waals surface area contributed by atoms with E-state index >= 15 is 0 Å². The summed E-state index contributed by atoms with van der Waals surface area (Å²) in [6.45, 7) is 2.15. The average Bonchev–Trinajstić information content (AvgIpc) is 2.80. The van der Waals surface area contributed by atoms with E-state index < -0.39 is 11.7 Å². The molecule has 0 N–H and O–H groups in total. The van der Waals surface area contributed by atoms with Gasteiger partial charge in [0.15, 0.2) is 6.23 Å². The minimum absolute atomic E-state index is 0.169. The van der Waals surface area contributed by atoms with Crippen molar-refractivity contribution < 1.29 is 17.9 Å². The van der Waals surface area contributed by atoms with E-state index in [-0.39, 0.29) is 11.8 Å². The standard InChI is InChI=1S/C14H15F3N2O/c1-9-6-12-10(7-11(9)14(15,16)17)8-18-19(12)13-4-2-3-5-20-13/h6-8,13H,2-5H2,1H3. The Labute approximate surface area is 114 Å². The maximum Gasteiger partial charge on any atom is 0.416 e. The molecule has 1 aliphatic rings. The van der Waals surface area contributed by atoms with Crippen molar-refractivity contribution in [1.29, 1.82) is 0 Å². The Kier molecular flexibility index (Phi) is 3.20. The van der Waals surface area contributed by atoms with E-state index in [0.29, 0.717) is 17.5 Å². The average molecular weight is 284 g/mol. The highest BCUT2D eigenvalue weighted by molar-refractivity contribution is 5.80. The van der Waals surface area contributed by atoms with E-state index in [1.165, 1.54) is 13.1 Å². The normalized spacial score (nSPS) is 20.5. The van der Waals surface area contributed by atoms with Crippen LogP contribution in [0, 0.1) is 6.92 Å². The molecule has 0 spiro atoms. The van der Waals surface area contributed by atoms with Gasteiger partial charge in [-0.1, -0.05) is 0 Å². The highest BCUT2D eigenvalue weighted by atomic mass is 19.4. The number of hydrogen-bond donors (Lipinski definition) is 0. The van der Waals surface area contributed by atoms with Crippen LogP contribution in [-0.4, -0.2) is 16.4 Å². The fourth-order valence-electron chi connectivity index (χ4n) is 2.65. The molecule has 1 aromatic carbocycles. The summed E-state index contributed by atoms with van der Waals surface area (Å²) in [5.74, 6) is 0. The van der Waals surface area contributed by atoms with Gasteiger partial charge in [-0.3, -0.25) is 0 Å². The third-order valence-electron chi connectivity index (χ3n) is 3.68. The molecule has 20 heavy (non-hydrogen) atoms. The van der Waals surface area contributed by atoms with E-state index in [4.69, 9.17) is 4.74 Å². The third-order valence-corrected chi connectivity index (χ3v) is 3.68. The fourth-order valence-corrected chi connectivity index (χ4v) is 2.65. The van der Waals surface area contributed by atoms with Crippen LogP contribution in [0.4, 0.5) is 13.2 Å². The van der Waals surface area contributed by atoms with Crippen LogP contribution in [0.2, 0.25) is 0 Å². The zero-order valence-corrected chi connectivity index (χ0v) is 11.1. The van der Waals surface area contributed by atoms with Crippen molar-refractivity contribution in [2.45, 2.75) is 38.6 Å². The maximum atomic E-state index is 12.9.